The smallest absolute Gasteiger partial charge is 0.0761 e. The number of hydrogen-bond acceptors (Lipinski definition) is 1. The maximum atomic E-state index is 8.36. The minimum Gasteiger partial charge on any atom is -0.516 e. The second-order valence-electron chi connectivity index (χ2n) is 3.81. The van der Waals surface area contributed by atoms with Crippen molar-refractivity contribution in [1.29, 1.82) is 0 Å². The lowest BCUT2D eigenvalue weighted by molar-refractivity contribution is 0.472. The normalized spacial score (nSPS) is 10.2. The Morgan fingerprint density at radius 3 is 2.27 bits per heavy atom. The zero-order chi connectivity index (χ0) is 11.2. The molecule has 0 aromatic carbocycles. The maximum Gasteiger partial charge on any atom is 0.0761 e. The van der Waals surface area contributed by atoms with E-state index in [-0.39, 0.29) is 0 Å². The number of hydrogen-bond donors (Lipinski definition) is 1. The molecule has 1 heteroatoms. The summed E-state index contributed by atoms with van der Waals surface area (Å²) in [4.78, 5) is 0. The summed E-state index contributed by atoms with van der Waals surface area (Å²) in [6, 6.07) is 0. The van der Waals surface area contributed by atoms with Crippen LogP contribution >= 0.6 is 0 Å². The first-order valence-electron chi connectivity index (χ1n) is 6.16. The van der Waals surface area contributed by atoms with Crippen LogP contribution in [-0.2, 0) is 0 Å². The van der Waals surface area contributed by atoms with Crippen molar-refractivity contribution in [2.45, 2.75) is 64.7 Å². The topological polar surface area (TPSA) is 20.2 Å². The van der Waals surface area contributed by atoms with Crippen LogP contribution in [0.4, 0.5) is 0 Å². The first kappa shape index (κ1) is 14.1. The number of rotatable bonds is 8. The van der Waals surface area contributed by atoms with Gasteiger partial charge in [0.1, 0.15) is 0 Å². The summed E-state index contributed by atoms with van der Waals surface area (Å²) in [5, 5.41) is 8.36. The van der Waals surface area contributed by atoms with E-state index >= 15 is 0 Å². The summed E-state index contributed by atoms with van der Waals surface area (Å²) in [6.07, 6.45) is 13.8. The molecule has 0 aliphatic carbocycles. The molecule has 1 N–H and O–H groups in total. The van der Waals surface area contributed by atoms with E-state index in [0.29, 0.717) is 6.42 Å². The molecule has 0 rings (SSSR count). The van der Waals surface area contributed by atoms with Gasteiger partial charge in [0.15, 0.2) is 0 Å². The molecule has 1 nitrogen and oxygen atoms in total. The molecule has 0 aromatic heterocycles. The fraction of sp³-hybridized carbons (Fsp3) is 0.714. The summed E-state index contributed by atoms with van der Waals surface area (Å²) in [7, 11) is 0. The van der Waals surface area contributed by atoms with Crippen molar-refractivity contribution < 1.29 is 5.11 Å². The molecule has 0 aliphatic rings. The van der Waals surface area contributed by atoms with E-state index in [1.165, 1.54) is 44.9 Å². The Labute approximate surface area is 94.6 Å². The van der Waals surface area contributed by atoms with Crippen LogP contribution in [0.5, 0.6) is 0 Å². The molecule has 0 saturated heterocycles. The molecule has 86 valence electrons. The van der Waals surface area contributed by atoms with Crippen molar-refractivity contribution in [3.8, 4) is 11.8 Å². The van der Waals surface area contributed by atoms with E-state index in [9.17, 15) is 0 Å². The molecule has 0 heterocycles. The van der Waals surface area contributed by atoms with Gasteiger partial charge in [-0.1, -0.05) is 51.4 Å². The third-order valence-corrected chi connectivity index (χ3v) is 2.36. The lowest BCUT2D eigenvalue weighted by Crippen LogP contribution is -1.79. The fourth-order valence-corrected chi connectivity index (χ4v) is 1.44. The van der Waals surface area contributed by atoms with Gasteiger partial charge >= 0.3 is 0 Å². The van der Waals surface area contributed by atoms with Crippen LogP contribution in [0.25, 0.3) is 0 Å². The predicted molar refractivity (Wildman–Crippen MR) is 66.8 cm³/mol. The van der Waals surface area contributed by atoms with Crippen molar-refractivity contribution >= 4 is 0 Å². The van der Waals surface area contributed by atoms with E-state index in [0.717, 1.165) is 12.7 Å². The van der Waals surface area contributed by atoms with E-state index in [1.807, 2.05) is 0 Å². The van der Waals surface area contributed by atoms with Gasteiger partial charge < -0.3 is 5.11 Å². The Hall–Kier alpha value is -0.900. The number of aliphatic hydroxyl groups is 1. The van der Waals surface area contributed by atoms with Gasteiger partial charge in [0, 0.05) is 12.8 Å². The molecule has 0 fully saturated rings. The zero-order valence-corrected chi connectivity index (χ0v) is 9.97. The second kappa shape index (κ2) is 13.1. The lowest BCUT2D eigenvalue weighted by Gasteiger charge is -1.97. The fourth-order valence-electron chi connectivity index (χ4n) is 1.44. The Balaban J connectivity index is 3.06. The Bertz CT molecular complexity index is 195. The van der Waals surface area contributed by atoms with E-state index < -0.39 is 0 Å². The standard InChI is InChI=1S/C14H24O/c1-2-3-4-5-6-7-8-9-10-11-12-13-14-15/h13-15H,2-9,12H2,1H3. The second-order valence-corrected chi connectivity index (χ2v) is 3.81. The summed E-state index contributed by atoms with van der Waals surface area (Å²) in [5.74, 6) is 6.11. The SMILES string of the molecule is CCCCCCCCCC#CCC=CO. The highest BCUT2D eigenvalue weighted by Crippen LogP contribution is 2.07. The average Bonchev–Trinajstić information content (AvgIpc) is 2.26. The Kier molecular flexibility index (Phi) is 12.3. The van der Waals surface area contributed by atoms with Gasteiger partial charge in [-0.3, -0.25) is 0 Å². The van der Waals surface area contributed by atoms with Crippen molar-refractivity contribution in [2.24, 2.45) is 0 Å². The van der Waals surface area contributed by atoms with E-state index in [2.05, 4.69) is 18.8 Å². The summed E-state index contributed by atoms with van der Waals surface area (Å²) >= 11 is 0. The molecule has 0 atom stereocenters. The summed E-state index contributed by atoms with van der Waals surface area (Å²) < 4.78 is 0. The molecule has 0 spiro atoms. The number of aliphatic hydroxyl groups excluding tert-OH is 1. The largest absolute Gasteiger partial charge is 0.516 e. The predicted octanol–water partition coefficient (Wildman–Crippen LogP) is 4.59. The molecular formula is C14H24O. The molecule has 15 heavy (non-hydrogen) atoms. The highest BCUT2D eigenvalue weighted by molar-refractivity contribution is 5.03. The minimum absolute atomic E-state index is 0.674. The third kappa shape index (κ3) is 13.1. The van der Waals surface area contributed by atoms with Gasteiger partial charge in [0.25, 0.3) is 0 Å². The number of unbranched alkanes of at least 4 members (excludes halogenated alkanes) is 7. The Morgan fingerprint density at radius 2 is 1.60 bits per heavy atom. The van der Waals surface area contributed by atoms with Crippen LogP contribution in [0, 0.1) is 11.8 Å². The van der Waals surface area contributed by atoms with Crippen molar-refractivity contribution in [3.63, 3.8) is 0 Å². The number of allylic oxidation sites excluding steroid dienone is 1. The minimum atomic E-state index is 0.674. The van der Waals surface area contributed by atoms with Gasteiger partial charge in [0.05, 0.1) is 6.26 Å². The molecule has 0 saturated carbocycles. The first-order chi connectivity index (χ1) is 7.41. The van der Waals surface area contributed by atoms with Crippen LogP contribution in [0.3, 0.4) is 0 Å². The van der Waals surface area contributed by atoms with E-state index in [4.69, 9.17) is 5.11 Å². The molecule has 0 radical (unpaired) electrons. The summed E-state index contributed by atoms with van der Waals surface area (Å²) in [6.45, 7) is 2.25. The van der Waals surface area contributed by atoms with Gasteiger partial charge in [-0.2, -0.15) is 0 Å². The van der Waals surface area contributed by atoms with Crippen molar-refractivity contribution in [2.75, 3.05) is 0 Å². The van der Waals surface area contributed by atoms with Gasteiger partial charge in [0.2, 0.25) is 0 Å². The molecule has 0 amide bonds. The average molecular weight is 208 g/mol. The highest BCUT2D eigenvalue weighted by Gasteiger charge is 1.88. The van der Waals surface area contributed by atoms with Crippen LogP contribution in [-0.4, -0.2) is 5.11 Å². The maximum absolute atomic E-state index is 8.36. The van der Waals surface area contributed by atoms with Crippen LogP contribution in [0.2, 0.25) is 0 Å². The highest BCUT2D eigenvalue weighted by atomic mass is 16.2. The molecule has 0 bridgehead atoms. The van der Waals surface area contributed by atoms with Crippen LogP contribution in [0.1, 0.15) is 64.7 Å². The van der Waals surface area contributed by atoms with Gasteiger partial charge in [-0.25, -0.2) is 0 Å². The lowest BCUT2D eigenvalue weighted by atomic mass is 10.1. The van der Waals surface area contributed by atoms with Crippen molar-refractivity contribution in [1.82, 2.24) is 0 Å². The Morgan fingerprint density at radius 1 is 0.933 bits per heavy atom. The van der Waals surface area contributed by atoms with E-state index in [1.54, 1.807) is 6.08 Å². The molecule has 0 aliphatic heterocycles. The first-order valence-corrected chi connectivity index (χ1v) is 6.16. The van der Waals surface area contributed by atoms with Gasteiger partial charge in [-0.05, 0) is 12.5 Å². The van der Waals surface area contributed by atoms with Crippen molar-refractivity contribution in [3.05, 3.63) is 12.3 Å². The quantitative estimate of drug-likeness (QED) is 0.351. The zero-order valence-electron chi connectivity index (χ0n) is 9.97. The monoisotopic (exact) mass is 208 g/mol. The molecule has 0 unspecified atom stereocenters. The van der Waals surface area contributed by atoms with Gasteiger partial charge in [-0.15, -0.1) is 5.92 Å². The van der Waals surface area contributed by atoms with Crippen LogP contribution < -0.4 is 0 Å². The molecular weight excluding hydrogens is 184 g/mol. The molecule has 0 aromatic rings. The third-order valence-electron chi connectivity index (χ3n) is 2.36. The summed E-state index contributed by atoms with van der Waals surface area (Å²) in [5.41, 5.74) is 0. The van der Waals surface area contributed by atoms with Crippen LogP contribution in [0.15, 0.2) is 12.3 Å².